The van der Waals surface area contributed by atoms with E-state index in [-0.39, 0.29) is 54.0 Å². The highest BCUT2D eigenvalue weighted by molar-refractivity contribution is 5.94. The Hall–Kier alpha value is -7.16. The van der Waals surface area contributed by atoms with Crippen molar-refractivity contribution in [1.82, 2.24) is 56.4 Å². The molecule has 82 heavy (non-hydrogen) atoms. The molecule has 8 rings (SSSR count). The number of carbonyl (C=O) groups is 6. The minimum Gasteiger partial charge on any atom is -0.399 e. The molecule has 11 N–H and O–H groups in total. The van der Waals surface area contributed by atoms with E-state index in [1.54, 1.807) is 42.0 Å². The number of rotatable bonds is 26. The number of carbonyl (C=O) groups excluding carboxylic acids is 6. The molecule has 0 bridgehead atoms. The predicted molar refractivity (Wildman–Crippen MR) is 314 cm³/mol. The van der Waals surface area contributed by atoms with E-state index in [0.29, 0.717) is 50.2 Å². The molecule has 4 saturated heterocycles. The summed E-state index contributed by atoms with van der Waals surface area (Å²) < 4.78 is 1.83. The topological polar surface area (TPSA) is 281 Å². The molecular weight excluding hydrogens is 1040 g/mol. The zero-order valence-corrected chi connectivity index (χ0v) is 48.2. The van der Waals surface area contributed by atoms with Gasteiger partial charge in [0.2, 0.25) is 35.4 Å². The van der Waals surface area contributed by atoms with E-state index in [0.717, 1.165) is 101 Å². The van der Waals surface area contributed by atoms with E-state index in [2.05, 4.69) is 61.2 Å². The first-order valence-corrected chi connectivity index (χ1v) is 30.0. The smallest absolute Gasteiger partial charge is 0.246 e. The van der Waals surface area contributed by atoms with Crippen LogP contribution in [0.5, 0.6) is 0 Å². The average molecular weight is 1130 g/mol. The Bertz CT molecular complexity index is 2780. The molecule has 4 aliphatic rings. The Morgan fingerprint density at radius 3 is 1.98 bits per heavy atom. The number of hydrogen-bond donors (Lipinski definition) is 8. The molecule has 20 heteroatoms. The minimum absolute atomic E-state index is 0.00452. The molecule has 4 aliphatic heterocycles. The van der Waals surface area contributed by atoms with Crippen molar-refractivity contribution in [2.75, 3.05) is 20.6 Å². The minimum atomic E-state index is -0.679. The van der Waals surface area contributed by atoms with E-state index in [1.807, 2.05) is 71.5 Å². The summed E-state index contributed by atoms with van der Waals surface area (Å²) in [4.78, 5) is 84.8. The lowest BCUT2D eigenvalue weighted by Gasteiger charge is -2.36. The number of fused-ring (bicyclic) bond motifs is 2. The maximum Gasteiger partial charge on any atom is 0.246 e. The molecular formula is C62H88N14O6. The van der Waals surface area contributed by atoms with Crippen LogP contribution < -0.4 is 43.9 Å². The summed E-state index contributed by atoms with van der Waals surface area (Å²) in [5.41, 5.74) is 17.5. The Morgan fingerprint density at radius 2 is 1.32 bits per heavy atom. The first kappa shape index (κ1) is 60.9. The molecule has 10 atom stereocenters. The lowest BCUT2D eigenvalue weighted by atomic mass is 9.88. The van der Waals surface area contributed by atoms with Crippen molar-refractivity contribution in [3.05, 3.63) is 131 Å². The lowest BCUT2D eigenvalue weighted by molar-refractivity contribution is -0.144. The van der Waals surface area contributed by atoms with Gasteiger partial charge in [0, 0.05) is 37.8 Å². The van der Waals surface area contributed by atoms with Crippen LogP contribution in [0, 0.1) is 5.92 Å². The van der Waals surface area contributed by atoms with E-state index >= 15 is 0 Å². The molecule has 4 aromatic rings. The maximum absolute atomic E-state index is 14.3. The number of hydrazine groups is 1. The van der Waals surface area contributed by atoms with Crippen LogP contribution in [0.25, 0.3) is 0 Å². The molecule has 0 saturated carbocycles. The fraction of sp³-hybridized carbons (Fsp3) is 0.548. The third-order valence-corrected chi connectivity index (χ3v) is 17.3. The van der Waals surface area contributed by atoms with Gasteiger partial charge in [0.1, 0.15) is 23.8 Å². The van der Waals surface area contributed by atoms with Crippen molar-refractivity contribution in [1.29, 1.82) is 0 Å². The van der Waals surface area contributed by atoms with Crippen molar-refractivity contribution < 1.29 is 28.8 Å². The van der Waals surface area contributed by atoms with Crippen molar-refractivity contribution in [2.24, 2.45) is 23.2 Å². The highest BCUT2D eigenvalue weighted by Crippen LogP contribution is 2.36. The van der Waals surface area contributed by atoms with Crippen LogP contribution in [0.15, 0.2) is 103 Å². The summed E-state index contributed by atoms with van der Waals surface area (Å²) in [7, 11) is 3.41. The van der Waals surface area contributed by atoms with Gasteiger partial charge in [0.05, 0.1) is 36.1 Å². The van der Waals surface area contributed by atoms with Gasteiger partial charge in [0.25, 0.3) is 0 Å². The van der Waals surface area contributed by atoms with Crippen LogP contribution in [0.4, 0.5) is 0 Å². The zero-order chi connectivity index (χ0) is 58.1. The van der Waals surface area contributed by atoms with Crippen LogP contribution in [-0.2, 0) is 48.2 Å². The van der Waals surface area contributed by atoms with Gasteiger partial charge in [-0.25, -0.2) is 5.84 Å². The number of nitrogens with one attached hydrogen (secondary N) is 5. The first-order valence-electron chi connectivity index (χ1n) is 30.0. The molecule has 20 nitrogen and oxygen atoms in total. The maximum atomic E-state index is 14.3. The summed E-state index contributed by atoms with van der Waals surface area (Å²) in [6.07, 6.45) is 18.0. The first-order chi connectivity index (χ1) is 39.7. The normalized spacial score (nSPS) is 22.8. The number of nitrogens with two attached hydrogens (primary N) is 3. The number of primary amides is 1. The fourth-order valence-corrected chi connectivity index (χ4v) is 12.6. The van der Waals surface area contributed by atoms with Gasteiger partial charge in [-0.05, 0) is 146 Å². The molecule has 1 aromatic heterocycles. The van der Waals surface area contributed by atoms with Gasteiger partial charge in [-0.15, -0.1) is 5.10 Å². The summed E-state index contributed by atoms with van der Waals surface area (Å²) in [5, 5.41) is 25.9. The molecule has 0 radical (unpaired) electrons. The fourth-order valence-electron chi connectivity index (χ4n) is 12.6. The highest BCUT2D eigenvalue weighted by atomic mass is 16.2. The number of amides is 6. The molecule has 0 spiro atoms. The van der Waals surface area contributed by atoms with E-state index in [9.17, 15) is 28.8 Å². The third kappa shape index (κ3) is 16.1. The van der Waals surface area contributed by atoms with Gasteiger partial charge in [-0.2, -0.15) is 0 Å². The van der Waals surface area contributed by atoms with Crippen LogP contribution in [0.2, 0.25) is 0 Å². The van der Waals surface area contributed by atoms with Crippen molar-refractivity contribution >= 4 is 35.4 Å². The summed E-state index contributed by atoms with van der Waals surface area (Å²) >= 11 is 0. The summed E-state index contributed by atoms with van der Waals surface area (Å²) in [6, 6.07) is 23.8. The van der Waals surface area contributed by atoms with Crippen LogP contribution in [-0.4, -0.2) is 128 Å². The average Bonchev–Trinajstić information content (AvgIpc) is 4.35. The summed E-state index contributed by atoms with van der Waals surface area (Å²) in [6.45, 7) is 2.98. The molecule has 4 fully saturated rings. The molecule has 5 heterocycles. The van der Waals surface area contributed by atoms with Crippen LogP contribution >= 0.6 is 0 Å². The largest absolute Gasteiger partial charge is 0.399 e. The van der Waals surface area contributed by atoms with E-state index in [4.69, 9.17) is 17.3 Å². The monoisotopic (exact) mass is 1120 g/mol. The number of likely N-dealkylation sites (N-methyl/N-ethyl adjacent to an activating group) is 2. The van der Waals surface area contributed by atoms with Gasteiger partial charge >= 0.3 is 0 Å². The Labute approximate surface area is 483 Å². The van der Waals surface area contributed by atoms with Crippen LogP contribution in [0.1, 0.15) is 156 Å². The zero-order valence-electron chi connectivity index (χ0n) is 48.2. The van der Waals surface area contributed by atoms with Crippen molar-refractivity contribution in [3.63, 3.8) is 0 Å². The lowest BCUT2D eigenvalue weighted by Crippen LogP contribution is -2.58. The van der Waals surface area contributed by atoms with Crippen molar-refractivity contribution in [2.45, 2.75) is 190 Å². The molecule has 0 aliphatic carbocycles. The molecule has 442 valence electrons. The molecule has 3 aromatic carbocycles. The second kappa shape index (κ2) is 29.7. The van der Waals surface area contributed by atoms with Crippen LogP contribution in [0.3, 0.4) is 0 Å². The Morgan fingerprint density at radius 1 is 0.707 bits per heavy atom. The second-order valence-electron chi connectivity index (χ2n) is 23.1. The van der Waals surface area contributed by atoms with Gasteiger partial charge in [-0.3, -0.25) is 33.4 Å². The summed E-state index contributed by atoms with van der Waals surface area (Å²) in [5.74, 6) is 5.09. The van der Waals surface area contributed by atoms with E-state index < -0.39 is 48.2 Å². The number of aryl methyl sites for hydroxylation is 3. The SMILES string of the molecule is CN[C@@H](C)C(=O)N[C@H]1CCCC[C@H]2CC[C@@H](C(=O)N[C@@H](c3ccccc3)c3cn(CCCCc4ccc(CCCCN(N)/C=C(\N)[C@@H](NC(=O)[C@@H]5CC[C@@H]6CCCC(C[C@H](NC)C(N)=O)CC(=O)N65)c5ccccc5)cc4)nn3)N2C1=O. The molecule has 1 unspecified atom stereocenters. The number of hydrogen-bond acceptors (Lipinski definition) is 13. The molecule has 6 amide bonds. The number of nitrogens with zero attached hydrogens (tertiary/aromatic N) is 6. The second-order valence-corrected chi connectivity index (χ2v) is 23.1. The Kier molecular flexibility index (Phi) is 22.1. The Balaban J connectivity index is 0.784. The van der Waals surface area contributed by atoms with Gasteiger partial charge in [-0.1, -0.05) is 109 Å². The van der Waals surface area contributed by atoms with E-state index in [1.165, 1.54) is 11.1 Å². The third-order valence-electron chi connectivity index (χ3n) is 17.3. The predicted octanol–water partition coefficient (Wildman–Crippen LogP) is 4.70. The highest BCUT2D eigenvalue weighted by Gasteiger charge is 2.46. The number of benzene rings is 3. The standard InChI is InChI=1S/C62H88N14O6/c1-41(66-2)59(79)68-50-26-11-10-24-48-32-34-54(76(48)62(50)82)61(81)70-57(46-22-8-5-9-23-46)52-40-74(72-71-52)36-15-13-18-43-29-27-42(28-30-43)17-12-14-35-73(65)39-49(63)56(45-20-6-4-7-21-45)69-60(80)53-33-31-47-25-16-19-44(38-55(77)75(47)53)37-51(67-3)58(64)78/h4-9,20-23,27-30,39-41,44,47-48,50-51,53-54,56-57,66-67H,10-19,24-26,31-38,63,65H2,1-3H3,(H2,64,78)(H,68,79)(H,69,80)(H,70,81)/b49-39-/t41-,44?,47-,48-,50-,51-,53-,54-,56-,57-/m0/s1. The number of aromatic nitrogens is 3. The van der Waals surface area contributed by atoms with Crippen molar-refractivity contribution in [3.8, 4) is 0 Å². The quantitative estimate of drug-likeness (QED) is 0.0241. The van der Waals surface area contributed by atoms with Gasteiger partial charge < -0.3 is 52.9 Å². The number of unbranched alkanes of at least 4 members (excludes halogenated alkanes) is 2. The van der Waals surface area contributed by atoms with Gasteiger partial charge in [0.15, 0.2) is 0 Å².